The van der Waals surface area contributed by atoms with Crippen LogP contribution in [0.4, 0.5) is 4.39 Å². The zero-order chi connectivity index (χ0) is 15.2. The first-order valence-electron chi connectivity index (χ1n) is 6.70. The summed E-state index contributed by atoms with van der Waals surface area (Å²) in [5.74, 6) is -0.150. The molecule has 0 spiro atoms. The number of carbonyl (C=O) groups is 1. The van der Waals surface area contributed by atoms with E-state index < -0.39 is 5.91 Å². The Morgan fingerprint density at radius 1 is 1.33 bits per heavy atom. The van der Waals surface area contributed by atoms with Gasteiger partial charge in [0.05, 0.1) is 12.2 Å². The third-order valence-corrected chi connectivity index (χ3v) is 3.29. The minimum atomic E-state index is -0.565. The number of pyridine rings is 1. The van der Waals surface area contributed by atoms with Gasteiger partial charge in [-0.1, -0.05) is 19.1 Å². The fourth-order valence-corrected chi connectivity index (χ4v) is 2.00. The molecule has 1 aromatic heterocycles. The predicted octanol–water partition coefficient (Wildman–Crippen LogP) is 2.89. The van der Waals surface area contributed by atoms with Crippen molar-refractivity contribution in [2.75, 3.05) is 6.61 Å². The second-order valence-corrected chi connectivity index (χ2v) is 4.83. The lowest BCUT2D eigenvalue weighted by atomic mass is 9.98. The van der Waals surface area contributed by atoms with Gasteiger partial charge < -0.3 is 10.5 Å². The van der Waals surface area contributed by atoms with Gasteiger partial charge in [0.2, 0.25) is 0 Å². The van der Waals surface area contributed by atoms with Gasteiger partial charge in [-0.3, -0.25) is 9.78 Å². The molecule has 0 saturated carbocycles. The van der Waals surface area contributed by atoms with Crippen LogP contribution in [0.1, 0.15) is 35.2 Å². The van der Waals surface area contributed by atoms with Gasteiger partial charge in [0.25, 0.3) is 5.91 Å². The number of halogens is 1. The highest BCUT2D eigenvalue weighted by Crippen LogP contribution is 2.21. The van der Waals surface area contributed by atoms with Gasteiger partial charge in [-0.25, -0.2) is 4.39 Å². The highest BCUT2D eigenvalue weighted by atomic mass is 19.1. The van der Waals surface area contributed by atoms with Crippen molar-refractivity contribution in [1.82, 2.24) is 4.98 Å². The van der Waals surface area contributed by atoms with Crippen LogP contribution in [0.2, 0.25) is 0 Å². The van der Waals surface area contributed by atoms with Crippen LogP contribution in [0.3, 0.4) is 0 Å². The minimum absolute atomic E-state index is 0.226. The van der Waals surface area contributed by atoms with Crippen molar-refractivity contribution in [3.05, 3.63) is 59.7 Å². The molecular formula is C16H17FN2O2. The van der Waals surface area contributed by atoms with Crippen molar-refractivity contribution >= 4 is 5.91 Å². The third-order valence-electron chi connectivity index (χ3n) is 3.29. The maximum absolute atomic E-state index is 12.9. The molecule has 0 aliphatic carbocycles. The van der Waals surface area contributed by atoms with E-state index in [0.717, 1.165) is 12.0 Å². The van der Waals surface area contributed by atoms with Gasteiger partial charge in [0.15, 0.2) is 0 Å². The minimum Gasteiger partial charge on any atom is -0.493 e. The van der Waals surface area contributed by atoms with Crippen molar-refractivity contribution in [1.29, 1.82) is 0 Å². The van der Waals surface area contributed by atoms with Crippen LogP contribution in [0.5, 0.6) is 5.75 Å². The summed E-state index contributed by atoms with van der Waals surface area (Å²) < 4.78 is 18.5. The molecule has 1 amide bonds. The molecule has 1 atom stereocenters. The second-order valence-electron chi connectivity index (χ2n) is 4.83. The number of aromatic nitrogens is 1. The molecule has 0 saturated heterocycles. The number of amides is 1. The molecule has 0 aliphatic rings. The first-order valence-corrected chi connectivity index (χ1v) is 6.70. The Morgan fingerprint density at radius 3 is 2.71 bits per heavy atom. The molecule has 0 aliphatic heterocycles. The largest absolute Gasteiger partial charge is 0.493 e. The van der Waals surface area contributed by atoms with Crippen molar-refractivity contribution < 1.29 is 13.9 Å². The summed E-state index contributed by atoms with van der Waals surface area (Å²) in [6.07, 6.45) is 3.68. The number of benzene rings is 1. The lowest BCUT2D eigenvalue weighted by Crippen LogP contribution is -2.14. The molecule has 21 heavy (non-hydrogen) atoms. The fourth-order valence-electron chi connectivity index (χ4n) is 2.00. The van der Waals surface area contributed by atoms with E-state index in [1.165, 1.54) is 18.3 Å². The molecular weight excluding hydrogens is 271 g/mol. The van der Waals surface area contributed by atoms with Gasteiger partial charge in [-0.2, -0.15) is 0 Å². The number of hydrogen-bond donors (Lipinski definition) is 1. The normalized spacial score (nSPS) is 11.9. The molecule has 0 bridgehead atoms. The van der Waals surface area contributed by atoms with E-state index in [1.807, 2.05) is 6.92 Å². The van der Waals surface area contributed by atoms with E-state index in [9.17, 15) is 9.18 Å². The molecule has 110 valence electrons. The van der Waals surface area contributed by atoms with Crippen LogP contribution in [0, 0.1) is 5.82 Å². The molecule has 2 rings (SSSR count). The number of nitrogens with zero attached hydrogens (tertiary/aromatic N) is 1. The summed E-state index contributed by atoms with van der Waals surface area (Å²) in [5, 5.41) is 0. The van der Waals surface area contributed by atoms with Crippen LogP contribution >= 0.6 is 0 Å². The number of nitrogens with two attached hydrogens (primary N) is 1. The monoisotopic (exact) mass is 288 g/mol. The quantitative estimate of drug-likeness (QED) is 0.888. The van der Waals surface area contributed by atoms with Crippen molar-refractivity contribution in [3.8, 4) is 5.75 Å². The van der Waals surface area contributed by atoms with E-state index in [-0.39, 0.29) is 17.3 Å². The van der Waals surface area contributed by atoms with Gasteiger partial charge in [-0.15, -0.1) is 0 Å². The van der Waals surface area contributed by atoms with Gasteiger partial charge in [0, 0.05) is 12.4 Å². The Balaban J connectivity index is 1.92. The van der Waals surface area contributed by atoms with Crippen molar-refractivity contribution in [3.63, 3.8) is 0 Å². The van der Waals surface area contributed by atoms with E-state index in [0.29, 0.717) is 12.4 Å². The summed E-state index contributed by atoms with van der Waals surface area (Å²) in [5.41, 5.74) is 6.57. The van der Waals surface area contributed by atoms with Gasteiger partial charge in [0.1, 0.15) is 11.6 Å². The third kappa shape index (κ3) is 4.02. The average Bonchev–Trinajstić information content (AvgIpc) is 2.48. The highest BCUT2D eigenvalue weighted by Gasteiger charge is 2.10. The van der Waals surface area contributed by atoms with Gasteiger partial charge in [-0.05, 0) is 36.1 Å². The summed E-state index contributed by atoms with van der Waals surface area (Å²) in [6, 6.07) is 8.03. The SMILES string of the molecule is CC(CCOc1ccncc1C(N)=O)c1ccc(F)cc1. The Bertz CT molecular complexity index is 614. The Hall–Kier alpha value is -2.43. The van der Waals surface area contributed by atoms with E-state index in [4.69, 9.17) is 10.5 Å². The molecule has 5 heteroatoms. The van der Waals surface area contributed by atoms with Crippen LogP contribution in [0.15, 0.2) is 42.7 Å². The first kappa shape index (κ1) is 15.0. The summed E-state index contributed by atoms with van der Waals surface area (Å²) in [4.78, 5) is 15.1. The molecule has 0 fully saturated rings. The van der Waals surface area contributed by atoms with Crippen LogP contribution in [-0.4, -0.2) is 17.5 Å². The lowest BCUT2D eigenvalue weighted by Gasteiger charge is -2.13. The Kier molecular flexibility index (Phi) is 4.87. The zero-order valence-corrected chi connectivity index (χ0v) is 11.8. The maximum atomic E-state index is 12.9. The van der Waals surface area contributed by atoms with E-state index in [1.54, 1.807) is 24.4 Å². The number of primary amides is 1. The smallest absolute Gasteiger partial charge is 0.254 e. The number of hydrogen-bond acceptors (Lipinski definition) is 3. The van der Waals surface area contributed by atoms with Gasteiger partial charge >= 0.3 is 0 Å². The van der Waals surface area contributed by atoms with Crippen LogP contribution < -0.4 is 10.5 Å². The highest BCUT2D eigenvalue weighted by molar-refractivity contribution is 5.95. The number of ether oxygens (including phenoxy) is 1. The number of rotatable bonds is 6. The maximum Gasteiger partial charge on any atom is 0.254 e. The summed E-state index contributed by atoms with van der Waals surface area (Å²) >= 11 is 0. The van der Waals surface area contributed by atoms with Crippen molar-refractivity contribution in [2.24, 2.45) is 5.73 Å². The summed E-state index contributed by atoms with van der Waals surface area (Å²) in [7, 11) is 0. The Labute approximate surface area is 122 Å². The predicted molar refractivity (Wildman–Crippen MR) is 77.7 cm³/mol. The zero-order valence-electron chi connectivity index (χ0n) is 11.8. The van der Waals surface area contributed by atoms with Crippen molar-refractivity contribution in [2.45, 2.75) is 19.3 Å². The summed E-state index contributed by atoms with van der Waals surface area (Å²) in [6.45, 7) is 2.47. The standard InChI is InChI=1S/C16H17FN2O2/c1-11(12-2-4-13(17)5-3-12)7-9-21-15-6-8-19-10-14(15)16(18)20/h2-6,8,10-11H,7,9H2,1H3,(H2,18,20). The topological polar surface area (TPSA) is 65.2 Å². The molecule has 0 radical (unpaired) electrons. The molecule has 2 aromatic rings. The fraction of sp³-hybridized carbons (Fsp3) is 0.250. The first-order chi connectivity index (χ1) is 10.1. The molecule has 2 N–H and O–H groups in total. The Morgan fingerprint density at radius 2 is 2.05 bits per heavy atom. The van der Waals surface area contributed by atoms with Crippen LogP contribution in [0.25, 0.3) is 0 Å². The van der Waals surface area contributed by atoms with Crippen LogP contribution in [-0.2, 0) is 0 Å². The van der Waals surface area contributed by atoms with E-state index >= 15 is 0 Å². The van der Waals surface area contributed by atoms with E-state index in [2.05, 4.69) is 4.98 Å². The number of carbonyl (C=O) groups excluding carboxylic acids is 1. The molecule has 1 unspecified atom stereocenters. The lowest BCUT2D eigenvalue weighted by molar-refractivity contribution is 0.0996. The second kappa shape index (κ2) is 6.83. The molecule has 1 heterocycles. The molecule has 1 aromatic carbocycles. The molecule has 4 nitrogen and oxygen atoms in total. The average molecular weight is 288 g/mol.